The molecule has 4 nitrogen and oxygen atoms in total. The van der Waals surface area contributed by atoms with Gasteiger partial charge in [-0.2, -0.15) is 0 Å². The highest BCUT2D eigenvalue weighted by atomic mass is 32.1. The summed E-state index contributed by atoms with van der Waals surface area (Å²) < 4.78 is 0. The van der Waals surface area contributed by atoms with Gasteiger partial charge < -0.3 is 11.1 Å². The molecule has 0 aliphatic heterocycles. The Labute approximate surface area is 93.9 Å². The van der Waals surface area contributed by atoms with Crippen LogP contribution >= 0.6 is 12.2 Å². The van der Waals surface area contributed by atoms with E-state index in [-0.39, 0.29) is 11.9 Å². The maximum Gasteiger partial charge on any atom is 0.251 e. The summed E-state index contributed by atoms with van der Waals surface area (Å²) in [5, 5.41) is 2.75. The fraction of sp³-hybridized carbons (Fsp3) is 0.300. The fourth-order valence-corrected chi connectivity index (χ4v) is 1.34. The van der Waals surface area contributed by atoms with E-state index >= 15 is 0 Å². The van der Waals surface area contributed by atoms with Crippen LogP contribution in [0.4, 0.5) is 0 Å². The number of rotatable bonds is 4. The number of aromatic nitrogens is 1. The van der Waals surface area contributed by atoms with Crippen LogP contribution in [-0.4, -0.2) is 21.9 Å². The quantitative estimate of drug-likeness (QED) is 0.743. The predicted molar refractivity (Wildman–Crippen MR) is 62.6 cm³/mol. The first-order valence-corrected chi connectivity index (χ1v) is 5.06. The molecule has 80 valence electrons. The zero-order valence-electron chi connectivity index (χ0n) is 8.43. The molecule has 0 aromatic carbocycles. The average Bonchev–Trinajstić information content (AvgIpc) is 2.26. The monoisotopic (exact) mass is 223 g/mol. The zero-order valence-corrected chi connectivity index (χ0v) is 9.25. The lowest BCUT2D eigenvalue weighted by Gasteiger charge is -2.14. The molecule has 0 fully saturated rings. The molecule has 0 bridgehead atoms. The number of thiocarbonyl (C=S) groups is 1. The molecule has 1 rings (SSSR count). The SMILES string of the molecule is CCC(NC(=O)c1ccncc1)C(N)=S. The van der Waals surface area contributed by atoms with Crippen LogP contribution in [0, 0.1) is 0 Å². The van der Waals surface area contributed by atoms with Crippen molar-refractivity contribution in [3.8, 4) is 0 Å². The molecule has 0 saturated heterocycles. The minimum Gasteiger partial charge on any atom is -0.392 e. The molecule has 0 aliphatic rings. The van der Waals surface area contributed by atoms with Gasteiger partial charge in [0, 0.05) is 18.0 Å². The summed E-state index contributed by atoms with van der Waals surface area (Å²) in [6.07, 6.45) is 3.82. The van der Waals surface area contributed by atoms with Crippen molar-refractivity contribution in [3.05, 3.63) is 30.1 Å². The van der Waals surface area contributed by atoms with Crippen molar-refractivity contribution in [2.24, 2.45) is 5.73 Å². The fourth-order valence-electron chi connectivity index (χ4n) is 1.12. The minimum absolute atomic E-state index is 0.183. The molecule has 15 heavy (non-hydrogen) atoms. The highest BCUT2D eigenvalue weighted by Crippen LogP contribution is 1.99. The Morgan fingerprint density at radius 3 is 2.67 bits per heavy atom. The first-order chi connectivity index (χ1) is 7.15. The van der Waals surface area contributed by atoms with E-state index in [1.807, 2.05) is 6.92 Å². The molecule has 0 spiro atoms. The highest BCUT2D eigenvalue weighted by molar-refractivity contribution is 7.80. The molecule has 1 atom stereocenters. The molecule has 3 N–H and O–H groups in total. The van der Waals surface area contributed by atoms with Gasteiger partial charge in [0.2, 0.25) is 0 Å². The molecule has 1 amide bonds. The van der Waals surface area contributed by atoms with Gasteiger partial charge in [-0.15, -0.1) is 0 Å². The molecule has 1 aromatic rings. The van der Waals surface area contributed by atoms with E-state index in [0.717, 1.165) is 0 Å². The van der Waals surface area contributed by atoms with E-state index in [2.05, 4.69) is 10.3 Å². The third kappa shape index (κ3) is 3.28. The van der Waals surface area contributed by atoms with Gasteiger partial charge in [0.25, 0.3) is 5.91 Å². The maximum atomic E-state index is 11.7. The third-order valence-corrected chi connectivity index (χ3v) is 2.28. The van der Waals surface area contributed by atoms with Crippen LogP contribution < -0.4 is 11.1 Å². The lowest BCUT2D eigenvalue weighted by Crippen LogP contribution is -2.42. The number of pyridine rings is 1. The van der Waals surface area contributed by atoms with Crippen molar-refractivity contribution in [3.63, 3.8) is 0 Å². The van der Waals surface area contributed by atoms with E-state index in [0.29, 0.717) is 17.0 Å². The van der Waals surface area contributed by atoms with Crippen LogP contribution in [0.15, 0.2) is 24.5 Å². The first kappa shape index (κ1) is 11.6. The van der Waals surface area contributed by atoms with Crippen LogP contribution in [0.5, 0.6) is 0 Å². The molecular weight excluding hydrogens is 210 g/mol. The Morgan fingerprint density at radius 1 is 1.60 bits per heavy atom. The summed E-state index contributed by atoms with van der Waals surface area (Å²) in [5.74, 6) is -0.183. The van der Waals surface area contributed by atoms with Gasteiger partial charge >= 0.3 is 0 Å². The first-order valence-electron chi connectivity index (χ1n) is 4.65. The van der Waals surface area contributed by atoms with Crippen LogP contribution in [0.2, 0.25) is 0 Å². The third-order valence-electron chi connectivity index (χ3n) is 2.00. The summed E-state index contributed by atoms with van der Waals surface area (Å²) in [5.41, 5.74) is 6.03. The lowest BCUT2D eigenvalue weighted by molar-refractivity contribution is 0.0946. The minimum atomic E-state index is -0.249. The Morgan fingerprint density at radius 2 is 2.20 bits per heavy atom. The van der Waals surface area contributed by atoms with Gasteiger partial charge in [-0.05, 0) is 18.6 Å². The zero-order chi connectivity index (χ0) is 11.3. The molecular formula is C10H13N3OS. The van der Waals surface area contributed by atoms with Crippen LogP contribution in [0.3, 0.4) is 0 Å². The molecule has 1 heterocycles. The standard InChI is InChI=1S/C10H13N3OS/c1-2-8(9(11)15)13-10(14)7-3-5-12-6-4-7/h3-6,8H,2H2,1H3,(H2,11,15)(H,13,14). The summed E-state index contributed by atoms with van der Waals surface area (Å²) in [7, 11) is 0. The number of nitrogens with one attached hydrogen (secondary N) is 1. The molecule has 1 unspecified atom stereocenters. The maximum absolute atomic E-state index is 11.7. The van der Waals surface area contributed by atoms with Gasteiger partial charge in [-0.25, -0.2) is 0 Å². The second kappa shape index (κ2) is 5.41. The summed E-state index contributed by atoms with van der Waals surface area (Å²) in [6, 6.07) is 3.03. The number of nitrogens with zero attached hydrogens (tertiary/aromatic N) is 1. The Hall–Kier alpha value is -1.49. The number of hydrogen-bond donors (Lipinski definition) is 2. The van der Waals surface area contributed by atoms with Gasteiger partial charge in [0.05, 0.1) is 11.0 Å². The van der Waals surface area contributed by atoms with E-state index in [1.54, 1.807) is 24.5 Å². The number of hydrogen-bond acceptors (Lipinski definition) is 3. The van der Waals surface area contributed by atoms with Crippen molar-refractivity contribution in [1.29, 1.82) is 0 Å². The van der Waals surface area contributed by atoms with Crippen molar-refractivity contribution >= 4 is 23.1 Å². The normalized spacial score (nSPS) is 11.8. The van der Waals surface area contributed by atoms with Crippen molar-refractivity contribution < 1.29 is 4.79 Å². The second-order valence-corrected chi connectivity index (χ2v) is 3.54. The van der Waals surface area contributed by atoms with E-state index < -0.39 is 0 Å². The molecule has 0 saturated carbocycles. The highest BCUT2D eigenvalue weighted by Gasteiger charge is 2.13. The van der Waals surface area contributed by atoms with Crippen LogP contribution in [0.25, 0.3) is 0 Å². The Kier molecular flexibility index (Phi) is 4.17. The van der Waals surface area contributed by atoms with Gasteiger partial charge in [0.1, 0.15) is 0 Å². The lowest BCUT2D eigenvalue weighted by atomic mass is 10.2. The average molecular weight is 223 g/mol. The largest absolute Gasteiger partial charge is 0.392 e. The molecule has 1 aromatic heterocycles. The predicted octanol–water partition coefficient (Wildman–Crippen LogP) is 0.876. The van der Waals surface area contributed by atoms with Gasteiger partial charge in [-0.1, -0.05) is 19.1 Å². The summed E-state index contributed by atoms with van der Waals surface area (Å²) in [6.45, 7) is 1.91. The Bertz CT molecular complexity index is 353. The number of nitrogens with two attached hydrogens (primary N) is 1. The topological polar surface area (TPSA) is 68.0 Å². The summed E-state index contributed by atoms with van der Waals surface area (Å²) >= 11 is 4.84. The van der Waals surface area contributed by atoms with Crippen LogP contribution in [-0.2, 0) is 0 Å². The number of carbonyl (C=O) groups excluding carboxylic acids is 1. The number of carbonyl (C=O) groups is 1. The van der Waals surface area contributed by atoms with Crippen molar-refractivity contribution in [1.82, 2.24) is 10.3 Å². The van der Waals surface area contributed by atoms with Crippen molar-refractivity contribution in [2.75, 3.05) is 0 Å². The summed E-state index contributed by atoms with van der Waals surface area (Å²) in [4.78, 5) is 15.8. The second-order valence-electron chi connectivity index (χ2n) is 3.07. The Balaban J connectivity index is 2.67. The number of amides is 1. The van der Waals surface area contributed by atoms with Gasteiger partial charge in [-0.3, -0.25) is 9.78 Å². The molecule has 5 heteroatoms. The molecule has 0 radical (unpaired) electrons. The van der Waals surface area contributed by atoms with E-state index in [1.165, 1.54) is 0 Å². The van der Waals surface area contributed by atoms with Gasteiger partial charge in [0.15, 0.2) is 0 Å². The smallest absolute Gasteiger partial charge is 0.251 e. The van der Waals surface area contributed by atoms with E-state index in [4.69, 9.17) is 18.0 Å². The van der Waals surface area contributed by atoms with E-state index in [9.17, 15) is 4.79 Å². The van der Waals surface area contributed by atoms with Crippen molar-refractivity contribution in [2.45, 2.75) is 19.4 Å². The van der Waals surface area contributed by atoms with Crippen LogP contribution in [0.1, 0.15) is 23.7 Å². The molecule has 0 aliphatic carbocycles.